The van der Waals surface area contributed by atoms with Gasteiger partial charge in [0.25, 0.3) is 0 Å². The first-order chi connectivity index (χ1) is 13.7. The number of carbonyl (C=O) groups is 1. The first kappa shape index (κ1) is 17.9. The molecule has 0 amide bonds. The van der Waals surface area contributed by atoms with Gasteiger partial charge < -0.3 is 4.74 Å². The van der Waals surface area contributed by atoms with Gasteiger partial charge in [0.15, 0.2) is 11.5 Å². The number of carbonyl (C=O) groups excluding carboxylic acids is 1. The highest BCUT2D eigenvalue weighted by Gasteiger charge is 2.20. The van der Waals surface area contributed by atoms with E-state index in [0.717, 1.165) is 16.5 Å². The third-order valence-corrected chi connectivity index (χ3v) is 4.23. The van der Waals surface area contributed by atoms with Gasteiger partial charge in [0.1, 0.15) is 0 Å². The standard InChI is InChI=1S/C19H15ClN6O2/c1-2-28-19(27)16-18-22-17(24-21-11-12-7-9-13(20)10-8-12)14-5-3-4-6-15(14)26(18)25-23-16/h3-11H,2H2,1H3,(H,22,24)/b21-11-. The summed E-state index contributed by atoms with van der Waals surface area (Å²) in [6, 6.07) is 14.8. The number of hydrogen-bond acceptors (Lipinski definition) is 7. The molecule has 4 rings (SSSR count). The molecule has 0 bridgehead atoms. The fraction of sp³-hybridized carbons (Fsp3) is 0.105. The van der Waals surface area contributed by atoms with Gasteiger partial charge in [0.2, 0.25) is 5.69 Å². The van der Waals surface area contributed by atoms with Crippen molar-refractivity contribution in [2.75, 3.05) is 12.0 Å². The summed E-state index contributed by atoms with van der Waals surface area (Å²) in [6.07, 6.45) is 1.65. The molecule has 0 saturated heterocycles. The monoisotopic (exact) mass is 394 g/mol. The average molecular weight is 395 g/mol. The number of anilines is 1. The summed E-state index contributed by atoms with van der Waals surface area (Å²) in [5.74, 6) is -0.0999. The molecule has 0 aliphatic carbocycles. The number of halogens is 1. The van der Waals surface area contributed by atoms with Crippen LogP contribution in [0.15, 0.2) is 53.6 Å². The Bertz CT molecular complexity index is 1190. The summed E-state index contributed by atoms with van der Waals surface area (Å²) in [5, 5.41) is 13.7. The molecule has 0 spiro atoms. The minimum Gasteiger partial charge on any atom is -0.461 e. The second-order valence-corrected chi connectivity index (χ2v) is 6.23. The van der Waals surface area contributed by atoms with E-state index in [4.69, 9.17) is 16.3 Å². The van der Waals surface area contributed by atoms with Crippen molar-refractivity contribution in [3.63, 3.8) is 0 Å². The molecular formula is C19H15ClN6O2. The van der Waals surface area contributed by atoms with Crippen LogP contribution in [0.25, 0.3) is 16.6 Å². The Kier molecular flexibility index (Phi) is 4.86. The van der Waals surface area contributed by atoms with E-state index in [2.05, 4.69) is 25.8 Å². The normalized spacial score (nSPS) is 11.4. The summed E-state index contributed by atoms with van der Waals surface area (Å²) in [6.45, 7) is 1.97. The van der Waals surface area contributed by atoms with Gasteiger partial charge in [-0.3, -0.25) is 5.43 Å². The van der Waals surface area contributed by atoms with Crippen LogP contribution in [0.3, 0.4) is 0 Å². The number of benzene rings is 2. The molecule has 0 radical (unpaired) electrons. The fourth-order valence-electron chi connectivity index (χ4n) is 2.70. The lowest BCUT2D eigenvalue weighted by atomic mass is 10.2. The van der Waals surface area contributed by atoms with E-state index in [1.165, 1.54) is 4.52 Å². The largest absolute Gasteiger partial charge is 0.461 e. The Hall–Kier alpha value is -3.52. The SMILES string of the molecule is CCOC(=O)c1nnn2c1nc(N/N=C\c1ccc(Cl)cc1)c1ccccc12. The van der Waals surface area contributed by atoms with E-state index in [1.807, 2.05) is 36.4 Å². The minimum atomic E-state index is -0.573. The zero-order valence-corrected chi connectivity index (χ0v) is 15.6. The molecule has 140 valence electrons. The molecule has 0 saturated carbocycles. The molecule has 2 aromatic heterocycles. The van der Waals surface area contributed by atoms with Crippen LogP contribution in [0.4, 0.5) is 5.82 Å². The number of hydrazone groups is 1. The van der Waals surface area contributed by atoms with Crippen molar-refractivity contribution in [3.8, 4) is 0 Å². The Morgan fingerprint density at radius 1 is 1.25 bits per heavy atom. The predicted molar refractivity (Wildman–Crippen MR) is 107 cm³/mol. The third kappa shape index (κ3) is 3.37. The number of hydrogen-bond donors (Lipinski definition) is 1. The number of nitrogens with one attached hydrogen (secondary N) is 1. The van der Waals surface area contributed by atoms with Crippen molar-refractivity contribution in [1.29, 1.82) is 0 Å². The molecule has 28 heavy (non-hydrogen) atoms. The van der Waals surface area contributed by atoms with E-state index in [0.29, 0.717) is 16.5 Å². The fourth-order valence-corrected chi connectivity index (χ4v) is 2.82. The summed E-state index contributed by atoms with van der Waals surface area (Å²) in [7, 11) is 0. The van der Waals surface area contributed by atoms with Crippen molar-refractivity contribution < 1.29 is 9.53 Å². The van der Waals surface area contributed by atoms with Gasteiger partial charge in [-0.1, -0.05) is 41.1 Å². The van der Waals surface area contributed by atoms with E-state index in [9.17, 15) is 4.79 Å². The lowest BCUT2D eigenvalue weighted by molar-refractivity contribution is 0.0521. The first-order valence-electron chi connectivity index (χ1n) is 8.53. The molecule has 2 aromatic carbocycles. The van der Waals surface area contributed by atoms with Crippen molar-refractivity contribution in [1.82, 2.24) is 19.8 Å². The molecule has 0 fully saturated rings. The van der Waals surface area contributed by atoms with Crippen LogP contribution >= 0.6 is 11.6 Å². The summed E-state index contributed by atoms with van der Waals surface area (Å²) >= 11 is 5.89. The maximum atomic E-state index is 12.2. The number of ether oxygens (including phenoxy) is 1. The number of aromatic nitrogens is 4. The maximum absolute atomic E-state index is 12.2. The highest BCUT2D eigenvalue weighted by atomic mass is 35.5. The Labute approximate surface area is 164 Å². The number of esters is 1. The van der Waals surface area contributed by atoms with Crippen LogP contribution in [-0.4, -0.2) is 38.6 Å². The van der Waals surface area contributed by atoms with Gasteiger partial charge in [0, 0.05) is 10.4 Å². The van der Waals surface area contributed by atoms with Gasteiger partial charge in [-0.15, -0.1) is 5.10 Å². The number of fused-ring (bicyclic) bond motifs is 3. The maximum Gasteiger partial charge on any atom is 0.362 e. The second kappa shape index (κ2) is 7.61. The molecule has 2 heterocycles. The molecule has 0 aliphatic heterocycles. The summed E-state index contributed by atoms with van der Waals surface area (Å²) in [5.41, 5.74) is 4.89. The van der Waals surface area contributed by atoms with Crippen molar-refractivity contribution >= 4 is 46.2 Å². The zero-order chi connectivity index (χ0) is 19.5. The van der Waals surface area contributed by atoms with E-state index >= 15 is 0 Å². The molecule has 1 N–H and O–H groups in total. The highest BCUT2D eigenvalue weighted by Crippen LogP contribution is 2.24. The summed E-state index contributed by atoms with van der Waals surface area (Å²) < 4.78 is 6.55. The Morgan fingerprint density at radius 3 is 2.82 bits per heavy atom. The third-order valence-electron chi connectivity index (χ3n) is 3.97. The molecule has 0 atom stereocenters. The molecule has 0 unspecified atom stereocenters. The van der Waals surface area contributed by atoms with Gasteiger partial charge in [0.05, 0.1) is 18.3 Å². The van der Waals surface area contributed by atoms with Crippen LogP contribution < -0.4 is 5.43 Å². The minimum absolute atomic E-state index is 0.0531. The first-order valence-corrected chi connectivity index (χ1v) is 8.91. The molecule has 4 aromatic rings. The Balaban J connectivity index is 1.76. The number of rotatable bonds is 5. The molecular weight excluding hydrogens is 380 g/mol. The number of para-hydroxylation sites is 1. The van der Waals surface area contributed by atoms with Crippen LogP contribution in [0.1, 0.15) is 23.0 Å². The average Bonchev–Trinajstić information content (AvgIpc) is 3.14. The topological polar surface area (TPSA) is 93.8 Å². The predicted octanol–water partition coefficient (Wildman–Crippen LogP) is 3.55. The van der Waals surface area contributed by atoms with Gasteiger partial charge in [-0.05, 0) is 36.8 Å². The molecule has 8 nitrogen and oxygen atoms in total. The quantitative estimate of drug-likeness (QED) is 0.316. The van der Waals surface area contributed by atoms with Crippen molar-refractivity contribution in [2.24, 2.45) is 5.10 Å². The highest BCUT2D eigenvalue weighted by molar-refractivity contribution is 6.30. The van der Waals surface area contributed by atoms with Crippen LogP contribution in [0.2, 0.25) is 5.02 Å². The van der Waals surface area contributed by atoms with Crippen LogP contribution in [-0.2, 0) is 4.74 Å². The van der Waals surface area contributed by atoms with Gasteiger partial charge in [-0.2, -0.15) is 9.62 Å². The van der Waals surface area contributed by atoms with E-state index < -0.39 is 5.97 Å². The van der Waals surface area contributed by atoms with E-state index in [1.54, 1.807) is 25.3 Å². The lowest BCUT2D eigenvalue weighted by Gasteiger charge is -2.07. The lowest BCUT2D eigenvalue weighted by Crippen LogP contribution is -2.07. The number of nitrogens with zero attached hydrogens (tertiary/aromatic N) is 5. The van der Waals surface area contributed by atoms with Gasteiger partial charge >= 0.3 is 5.97 Å². The Morgan fingerprint density at radius 2 is 2.04 bits per heavy atom. The van der Waals surface area contributed by atoms with Gasteiger partial charge in [-0.25, -0.2) is 9.78 Å². The second-order valence-electron chi connectivity index (χ2n) is 5.79. The molecule has 9 heteroatoms. The zero-order valence-electron chi connectivity index (χ0n) is 14.8. The smallest absolute Gasteiger partial charge is 0.362 e. The van der Waals surface area contributed by atoms with Crippen molar-refractivity contribution in [2.45, 2.75) is 6.92 Å². The van der Waals surface area contributed by atoms with Crippen molar-refractivity contribution in [3.05, 3.63) is 64.8 Å². The van der Waals surface area contributed by atoms with Crippen LogP contribution in [0.5, 0.6) is 0 Å². The van der Waals surface area contributed by atoms with Crippen LogP contribution in [0, 0.1) is 0 Å². The van der Waals surface area contributed by atoms with E-state index in [-0.39, 0.29) is 12.3 Å². The molecule has 0 aliphatic rings. The summed E-state index contributed by atoms with van der Waals surface area (Å²) in [4.78, 5) is 16.7.